The molecule has 2 aromatic rings. The van der Waals surface area contributed by atoms with Crippen molar-refractivity contribution in [2.45, 2.75) is 50.3 Å². The van der Waals surface area contributed by atoms with E-state index in [1.807, 2.05) is 31.4 Å². The topological polar surface area (TPSA) is 105 Å². The molecular weight excluding hydrogens is 462 g/mol. The van der Waals surface area contributed by atoms with Gasteiger partial charge < -0.3 is 15.0 Å². The molecule has 0 unspecified atom stereocenters. The predicted molar refractivity (Wildman–Crippen MR) is 127 cm³/mol. The lowest BCUT2D eigenvalue weighted by Crippen LogP contribution is -2.54. The summed E-state index contributed by atoms with van der Waals surface area (Å²) in [6.07, 6.45) is 1.85. The molecule has 0 aliphatic carbocycles. The van der Waals surface area contributed by atoms with E-state index in [4.69, 9.17) is 4.74 Å². The number of thiophene rings is 1. The highest BCUT2D eigenvalue weighted by Gasteiger charge is 2.33. The fourth-order valence-corrected chi connectivity index (χ4v) is 5.48. The van der Waals surface area contributed by atoms with Gasteiger partial charge in [-0.15, -0.1) is 11.3 Å². The number of nitrogens with zero attached hydrogens (tertiary/aromatic N) is 1. The lowest BCUT2D eigenvalue weighted by molar-refractivity contribution is -0.142. The third-order valence-corrected chi connectivity index (χ3v) is 7.74. The first-order valence-corrected chi connectivity index (χ1v) is 13.4. The first kappa shape index (κ1) is 25.4. The molecule has 1 aliphatic rings. The molecule has 0 spiro atoms. The van der Waals surface area contributed by atoms with Crippen molar-refractivity contribution in [3.63, 3.8) is 0 Å². The van der Waals surface area contributed by atoms with Gasteiger partial charge in [0.15, 0.2) is 0 Å². The predicted octanol–water partition coefficient (Wildman–Crippen LogP) is 2.38. The molecule has 8 nitrogen and oxygen atoms in total. The Kier molecular flexibility index (Phi) is 9.02. The Bertz CT molecular complexity index is 1000. The van der Waals surface area contributed by atoms with Crippen molar-refractivity contribution in [1.82, 2.24) is 14.9 Å². The molecule has 1 aromatic heterocycles. The average molecular weight is 494 g/mol. The van der Waals surface area contributed by atoms with Crippen molar-refractivity contribution in [1.29, 1.82) is 0 Å². The van der Waals surface area contributed by atoms with Gasteiger partial charge in [-0.05, 0) is 42.3 Å². The summed E-state index contributed by atoms with van der Waals surface area (Å²) >= 11 is 1.48. The third kappa shape index (κ3) is 7.10. The van der Waals surface area contributed by atoms with E-state index in [0.717, 1.165) is 17.7 Å². The Morgan fingerprint density at radius 1 is 1.18 bits per heavy atom. The molecule has 2 amide bonds. The number of hydrogen-bond donors (Lipinski definition) is 2. The Morgan fingerprint density at radius 3 is 2.55 bits per heavy atom. The summed E-state index contributed by atoms with van der Waals surface area (Å²) in [4.78, 5) is 28.9. The molecule has 2 atom stereocenters. The smallest absolute Gasteiger partial charge is 0.243 e. The quantitative estimate of drug-likeness (QED) is 0.500. The van der Waals surface area contributed by atoms with Gasteiger partial charge in [0, 0.05) is 18.0 Å². The number of rotatable bonds is 11. The molecule has 10 heteroatoms. The van der Waals surface area contributed by atoms with Crippen molar-refractivity contribution in [3.05, 3.63) is 52.7 Å². The van der Waals surface area contributed by atoms with Gasteiger partial charge in [-0.1, -0.05) is 38.1 Å². The molecule has 33 heavy (non-hydrogen) atoms. The number of carbonyl (C=O) groups is 2. The molecule has 0 radical (unpaired) electrons. The number of amides is 2. The van der Waals surface area contributed by atoms with Crippen molar-refractivity contribution in [2.75, 3.05) is 19.7 Å². The van der Waals surface area contributed by atoms with Gasteiger partial charge in [0.05, 0.1) is 24.1 Å². The molecule has 0 bridgehead atoms. The van der Waals surface area contributed by atoms with E-state index in [2.05, 4.69) is 10.0 Å². The van der Waals surface area contributed by atoms with Crippen LogP contribution in [-0.4, -0.2) is 57.0 Å². The van der Waals surface area contributed by atoms with Crippen LogP contribution >= 0.6 is 11.3 Å². The molecule has 2 heterocycles. The number of ether oxygens (including phenoxy) is 1. The van der Waals surface area contributed by atoms with Gasteiger partial charge in [0.25, 0.3) is 0 Å². The van der Waals surface area contributed by atoms with E-state index >= 15 is 0 Å². The fraction of sp³-hybridized carbons (Fsp3) is 0.478. The molecule has 1 aliphatic heterocycles. The second kappa shape index (κ2) is 11.7. The number of benzene rings is 1. The van der Waals surface area contributed by atoms with Crippen LogP contribution in [0.4, 0.5) is 0 Å². The summed E-state index contributed by atoms with van der Waals surface area (Å²) in [7, 11) is -3.85. The van der Waals surface area contributed by atoms with E-state index in [0.29, 0.717) is 13.2 Å². The van der Waals surface area contributed by atoms with Crippen LogP contribution in [0.2, 0.25) is 0 Å². The summed E-state index contributed by atoms with van der Waals surface area (Å²) in [5.74, 6) is -0.908. The van der Waals surface area contributed by atoms with Gasteiger partial charge >= 0.3 is 0 Å². The van der Waals surface area contributed by atoms with Crippen LogP contribution in [0.25, 0.3) is 0 Å². The molecule has 180 valence electrons. The maximum atomic E-state index is 13.3. The van der Waals surface area contributed by atoms with Crippen molar-refractivity contribution in [2.24, 2.45) is 5.92 Å². The van der Waals surface area contributed by atoms with Gasteiger partial charge in [-0.25, -0.2) is 13.1 Å². The fourth-order valence-electron chi connectivity index (χ4n) is 3.78. The SMILES string of the molecule is CC(C)[C@H](C(=O)NC[C@@H]1CCCO1)N(Cc1cccs1)C(=O)CNS(=O)(=O)c1ccccc1. The zero-order valence-corrected chi connectivity index (χ0v) is 20.5. The summed E-state index contributed by atoms with van der Waals surface area (Å²) < 4.78 is 33.1. The maximum absolute atomic E-state index is 13.3. The Morgan fingerprint density at radius 2 is 1.94 bits per heavy atom. The van der Waals surface area contributed by atoms with Crippen LogP contribution in [0.1, 0.15) is 31.6 Å². The Labute approximate surface area is 199 Å². The maximum Gasteiger partial charge on any atom is 0.243 e. The normalized spacial score (nSPS) is 17.1. The number of hydrogen-bond acceptors (Lipinski definition) is 6. The van der Waals surface area contributed by atoms with E-state index in [-0.39, 0.29) is 29.4 Å². The standard InChI is InChI=1S/C23H31N3O5S2/c1-17(2)22(23(28)24-14-18-8-6-12-31-18)26(16-19-9-7-13-32-19)21(27)15-25-33(29,30)20-10-4-3-5-11-20/h3-5,7,9-11,13,17-18,22,25H,6,8,12,14-16H2,1-2H3,(H,24,28)/t18-,22+/m0/s1. The van der Waals surface area contributed by atoms with Crippen LogP contribution in [0.5, 0.6) is 0 Å². The van der Waals surface area contributed by atoms with Gasteiger partial charge in [0.1, 0.15) is 6.04 Å². The number of carbonyl (C=O) groups excluding carboxylic acids is 2. The molecule has 1 saturated heterocycles. The summed E-state index contributed by atoms with van der Waals surface area (Å²) in [5.41, 5.74) is 0. The first-order chi connectivity index (χ1) is 15.8. The lowest BCUT2D eigenvalue weighted by atomic mass is 10.0. The first-order valence-electron chi connectivity index (χ1n) is 11.0. The molecule has 2 N–H and O–H groups in total. The summed E-state index contributed by atoms with van der Waals surface area (Å²) in [5, 5.41) is 4.83. The highest BCUT2D eigenvalue weighted by molar-refractivity contribution is 7.89. The highest BCUT2D eigenvalue weighted by Crippen LogP contribution is 2.19. The van der Waals surface area contributed by atoms with E-state index in [1.165, 1.54) is 28.4 Å². The second-order valence-corrected chi connectivity index (χ2v) is 11.1. The molecule has 3 rings (SSSR count). The van der Waals surface area contributed by atoms with Crippen molar-refractivity contribution in [3.8, 4) is 0 Å². The van der Waals surface area contributed by atoms with Crippen LogP contribution in [0, 0.1) is 5.92 Å². The second-order valence-electron chi connectivity index (χ2n) is 8.31. The van der Waals surface area contributed by atoms with Crippen molar-refractivity contribution < 1.29 is 22.7 Å². The van der Waals surface area contributed by atoms with Crippen LogP contribution in [0.15, 0.2) is 52.7 Å². The van der Waals surface area contributed by atoms with Crippen molar-refractivity contribution >= 4 is 33.2 Å². The van der Waals surface area contributed by atoms with Gasteiger partial charge in [-0.3, -0.25) is 9.59 Å². The number of sulfonamides is 1. The monoisotopic (exact) mass is 493 g/mol. The molecule has 1 fully saturated rings. The minimum atomic E-state index is -3.85. The average Bonchev–Trinajstić information content (AvgIpc) is 3.50. The van der Waals surface area contributed by atoms with E-state index < -0.39 is 28.5 Å². The Balaban J connectivity index is 1.74. The zero-order valence-electron chi connectivity index (χ0n) is 18.9. The van der Waals surface area contributed by atoms with Crippen LogP contribution < -0.4 is 10.0 Å². The minimum Gasteiger partial charge on any atom is -0.376 e. The third-order valence-electron chi connectivity index (χ3n) is 5.46. The van der Waals surface area contributed by atoms with Crippen LogP contribution in [0.3, 0.4) is 0 Å². The van der Waals surface area contributed by atoms with E-state index in [1.54, 1.807) is 18.2 Å². The Hall–Kier alpha value is -2.27. The minimum absolute atomic E-state index is 0.0131. The molecular formula is C23H31N3O5S2. The number of nitrogens with one attached hydrogen (secondary N) is 2. The van der Waals surface area contributed by atoms with Crippen LogP contribution in [-0.2, 0) is 30.9 Å². The lowest BCUT2D eigenvalue weighted by Gasteiger charge is -2.33. The molecule has 0 saturated carbocycles. The summed E-state index contributed by atoms with van der Waals surface area (Å²) in [6, 6.07) is 10.9. The van der Waals surface area contributed by atoms with E-state index in [9.17, 15) is 18.0 Å². The zero-order chi connectivity index (χ0) is 23.8. The largest absolute Gasteiger partial charge is 0.376 e. The van der Waals surface area contributed by atoms with Gasteiger partial charge in [0.2, 0.25) is 21.8 Å². The van der Waals surface area contributed by atoms with Gasteiger partial charge in [-0.2, -0.15) is 0 Å². The highest BCUT2D eigenvalue weighted by atomic mass is 32.2. The molecule has 1 aromatic carbocycles. The summed E-state index contributed by atoms with van der Waals surface area (Å²) in [6.45, 7) is 4.62.